The first-order valence-electron chi connectivity index (χ1n) is 8.12. The Morgan fingerprint density at radius 3 is 2.50 bits per heavy atom. The number of carbonyl (C=O) groups excluding carboxylic acids is 1. The maximum atomic E-state index is 12.6. The number of hydrogen-bond acceptors (Lipinski definition) is 3. The number of rotatable bonds is 7. The van der Waals surface area contributed by atoms with Gasteiger partial charge in [-0.1, -0.05) is 44.2 Å². The fraction of sp³-hybridized carbons (Fsp3) is 0.250. The molecule has 0 radical (unpaired) electrons. The third kappa shape index (κ3) is 5.05. The quantitative estimate of drug-likeness (QED) is 0.700. The lowest BCUT2D eigenvalue weighted by Gasteiger charge is -2.13. The summed E-state index contributed by atoms with van der Waals surface area (Å²) in [6.07, 6.45) is 2.68. The van der Waals surface area contributed by atoms with Gasteiger partial charge in [0.05, 0.1) is 7.11 Å². The minimum absolute atomic E-state index is 0.114. The second-order valence-corrected chi connectivity index (χ2v) is 5.82. The lowest BCUT2D eigenvalue weighted by atomic mass is 10.0. The largest absolute Gasteiger partial charge is 0.493 e. The third-order valence-corrected chi connectivity index (χ3v) is 3.69. The molecule has 1 amide bonds. The average molecular weight is 361 g/mol. The number of ether oxygens (including phenoxy) is 2. The number of methoxy groups -OCH3 is 1. The highest BCUT2D eigenvalue weighted by Gasteiger charge is 2.14. The number of alkyl halides is 2. The van der Waals surface area contributed by atoms with Crippen molar-refractivity contribution in [2.24, 2.45) is 0 Å². The van der Waals surface area contributed by atoms with Gasteiger partial charge < -0.3 is 14.8 Å². The van der Waals surface area contributed by atoms with E-state index in [1.807, 2.05) is 38.1 Å². The number of amides is 1. The normalized spacial score (nSPS) is 11.2. The SMILES string of the molecule is COc1cccc(/C=C/C(=O)Nc2ccccc2C(C)C)c1OC(F)F. The Morgan fingerprint density at radius 1 is 1.12 bits per heavy atom. The fourth-order valence-electron chi connectivity index (χ4n) is 2.49. The molecule has 2 aromatic carbocycles. The smallest absolute Gasteiger partial charge is 0.387 e. The van der Waals surface area contributed by atoms with E-state index >= 15 is 0 Å². The van der Waals surface area contributed by atoms with Crippen molar-refractivity contribution < 1.29 is 23.0 Å². The lowest BCUT2D eigenvalue weighted by molar-refractivity contribution is -0.111. The van der Waals surface area contributed by atoms with Crippen LogP contribution in [0.4, 0.5) is 14.5 Å². The summed E-state index contributed by atoms with van der Waals surface area (Å²) in [7, 11) is 1.36. The summed E-state index contributed by atoms with van der Waals surface area (Å²) < 4.78 is 34.9. The topological polar surface area (TPSA) is 47.6 Å². The van der Waals surface area contributed by atoms with Gasteiger partial charge in [-0.3, -0.25) is 4.79 Å². The molecule has 0 aromatic heterocycles. The van der Waals surface area contributed by atoms with Crippen molar-refractivity contribution in [3.63, 3.8) is 0 Å². The minimum Gasteiger partial charge on any atom is -0.493 e. The molecule has 1 N–H and O–H groups in total. The Labute approximate surface area is 151 Å². The number of anilines is 1. The van der Waals surface area contributed by atoms with Gasteiger partial charge in [0.25, 0.3) is 0 Å². The number of para-hydroxylation sites is 2. The first-order valence-corrected chi connectivity index (χ1v) is 8.12. The number of benzene rings is 2. The van der Waals surface area contributed by atoms with Crippen LogP contribution >= 0.6 is 0 Å². The van der Waals surface area contributed by atoms with E-state index in [9.17, 15) is 13.6 Å². The van der Waals surface area contributed by atoms with E-state index in [-0.39, 0.29) is 23.3 Å². The van der Waals surface area contributed by atoms with Crippen LogP contribution in [0.25, 0.3) is 6.08 Å². The zero-order valence-electron chi connectivity index (χ0n) is 14.8. The Kier molecular flexibility index (Phi) is 6.72. The van der Waals surface area contributed by atoms with Crippen LogP contribution in [0.1, 0.15) is 30.9 Å². The molecule has 0 aliphatic rings. The summed E-state index contributed by atoms with van der Waals surface area (Å²) in [5.41, 5.74) is 2.04. The van der Waals surface area contributed by atoms with Gasteiger partial charge in [0.1, 0.15) is 0 Å². The van der Waals surface area contributed by atoms with Crippen LogP contribution in [0.2, 0.25) is 0 Å². The van der Waals surface area contributed by atoms with Crippen molar-refractivity contribution in [2.75, 3.05) is 12.4 Å². The van der Waals surface area contributed by atoms with Gasteiger partial charge >= 0.3 is 6.61 Å². The lowest BCUT2D eigenvalue weighted by Crippen LogP contribution is -2.10. The molecule has 0 heterocycles. The van der Waals surface area contributed by atoms with Crippen molar-refractivity contribution >= 4 is 17.7 Å². The van der Waals surface area contributed by atoms with Crippen molar-refractivity contribution in [1.82, 2.24) is 0 Å². The van der Waals surface area contributed by atoms with Crippen LogP contribution < -0.4 is 14.8 Å². The summed E-state index contributed by atoms with van der Waals surface area (Å²) >= 11 is 0. The highest BCUT2D eigenvalue weighted by molar-refractivity contribution is 6.02. The number of halogens is 2. The van der Waals surface area contributed by atoms with E-state index in [4.69, 9.17) is 4.74 Å². The highest BCUT2D eigenvalue weighted by Crippen LogP contribution is 2.33. The van der Waals surface area contributed by atoms with Gasteiger partial charge in [-0.15, -0.1) is 0 Å². The molecule has 0 unspecified atom stereocenters. The van der Waals surface area contributed by atoms with E-state index in [1.165, 1.54) is 25.3 Å². The molecular weight excluding hydrogens is 340 g/mol. The van der Waals surface area contributed by atoms with Gasteiger partial charge in [0, 0.05) is 17.3 Å². The molecule has 4 nitrogen and oxygen atoms in total. The monoisotopic (exact) mass is 361 g/mol. The van der Waals surface area contributed by atoms with Crippen molar-refractivity contribution in [3.05, 3.63) is 59.7 Å². The maximum Gasteiger partial charge on any atom is 0.387 e. The molecule has 0 aliphatic carbocycles. The highest BCUT2D eigenvalue weighted by atomic mass is 19.3. The number of carbonyl (C=O) groups is 1. The standard InChI is InChI=1S/C20H21F2NO3/c1-13(2)15-8-4-5-9-16(15)23-18(24)12-11-14-7-6-10-17(25-3)19(14)26-20(21)22/h4-13,20H,1-3H3,(H,23,24)/b12-11+. The Balaban J connectivity index is 2.21. The van der Waals surface area contributed by atoms with Gasteiger partial charge in [-0.25, -0.2) is 0 Å². The predicted molar refractivity (Wildman–Crippen MR) is 97.8 cm³/mol. The second-order valence-electron chi connectivity index (χ2n) is 5.82. The average Bonchev–Trinajstić information content (AvgIpc) is 2.60. The Hall–Kier alpha value is -2.89. The Bertz CT molecular complexity index is 788. The molecule has 0 aliphatic heterocycles. The van der Waals surface area contributed by atoms with Crippen LogP contribution in [-0.2, 0) is 4.79 Å². The van der Waals surface area contributed by atoms with E-state index in [2.05, 4.69) is 10.1 Å². The first kappa shape index (κ1) is 19.4. The van der Waals surface area contributed by atoms with E-state index in [0.29, 0.717) is 11.3 Å². The molecule has 6 heteroatoms. The second kappa shape index (κ2) is 8.99. The minimum atomic E-state index is -3.00. The van der Waals surface area contributed by atoms with Gasteiger partial charge in [0.15, 0.2) is 11.5 Å². The van der Waals surface area contributed by atoms with Crippen LogP contribution in [0, 0.1) is 0 Å². The first-order chi connectivity index (χ1) is 12.4. The fourth-order valence-corrected chi connectivity index (χ4v) is 2.49. The molecular formula is C20H21F2NO3. The van der Waals surface area contributed by atoms with Crippen LogP contribution in [0.5, 0.6) is 11.5 Å². The van der Waals surface area contributed by atoms with Crippen molar-refractivity contribution in [3.8, 4) is 11.5 Å². The third-order valence-electron chi connectivity index (χ3n) is 3.69. The maximum absolute atomic E-state index is 12.6. The van der Waals surface area contributed by atoms with Gasteiger partial charge in [-0.2, -0.15) is 8.78 Å². The summed E-state index contributed by atoms with van der Waals surface area (Å²) in [6, 6.07) is 12.2. The number of hydrogen-bond donors (Lipinski definition) is 1. The van der Waals surface area contributed by atoms with Crippen LogP contribution in [0.3, 0.4) is 0 Å². The summed E-state index contributed by atoms with van der Waals surface area (Å²) in [5, 5.41) is 2.80. The van der Waals surface area contributed by atoms with E-state index in [1.54, 1.807) is 12.1 Å². The van der Waals surface area contributed by atoms with Gasteiger partial charge in [-0.05, 0) is 29.7 Å². The molecule has 0 atom stereocenters. The molecule has 0 saturated carbocycles. The molecule has 2 rings (SSSR count). The molecule has 0 bridgehead atoms. The van der Waals surface area contributed by atoms with E-state index < -0.39 is 6.61 Å². The number of nitrogens with one attached hydrogen (secondary N) is 1. The zero-order valence-corrected chi connectivity index (χ0v) is 14.8. The van der Waals surface area contributed by atoms with Crippen LogP contribution in [0.15, 0.2) is 48.5 Å². The molecule has 138 valence electrons. The summed E-state index contributed by atoms with van der Waals surface area (Å²) in [4.78, 5) is 12.2. The summed E-state index contributed by atoms with van der Waals surface area (Å²) in [5.74, 6) is -0.0709. The van der Waals surface area contributed by atoms with E-state index in [0.717, 1.165) is 5.56 Å². The summed E-state index contributed by atoms with van der Waals surface area (Å²) in [6.45, 7) is 1.07. The molecule has 2 aromatic rings. The Morgan fingerprint density at radius 2 is 1.85 bits per heavy atom. The molecule has 0 spiro atoms. The van der Waals surface area contributed by atoms with Gasteiger partial charge in [0.2, 0.25) is 5.91 Å². The molecule has 0 saturated heterocycles. The molecule has 0 fully saturated rings. The molecule has 26 heavy (non-hydrogen) atoms. The van der Waals surface area contributed by atoms with Crippen molar-refractivity contribution in [2.45, 2.75) is 26.4 Å². The predicted octanol–water partition coefficient (Wildman–Crippen LogP) is 5.07. The zero-order chi connectivity index (χ0) is 19.1. The van der Waals surface area contributed by atoms with Crippen molar-refractivity contribution in [1.29, 1.82) is 0 Å². The van der Waals surface area contributed by atoms with Crippen LogP contribution in [-0.4, -0.2) is 19.6 Å².